The third-order valence-corrected chi connectivity index (χ3v) is 3.65. The first-order chi connectivity index (χ1) is 10.6. The molecule has 0 bridgehead atoms. The average Bonchev–Trinajstić information content (AvgIpc) is 2.48. The molecule has 0 radical (unpaired) electrons. The van der Waals surface area contributed by atoms with Crippen molar-refractivity contribution in [2.24, 2.45) is 0 Å². The molecule has 0 aliphatic carbocycles. The van der Waals surface area contributed by atoms with E-state index in [0.29, 0.717) is 5.95 Å². The number of unbranched alkanes of at least 4 members (excludes halogenated alkanes) is 2. The van der Waals surface area contributed by atoms with Crippen LogP contribution in [0.3, 0.4) is 0 Å². The minimum Gasteiger partial charge on any atom is -0.354 e. The van der Waals surface area contributed by atoms with Gasteiger partial charge in [-0.3, -0.25) is 0 Å². The first kappa shape index (κ1) is 16.3. The molecule has 2 rings (SSSR count). The Kier molecular flexibility index (Phi) is 5.75. The van der Waals surface area contributed by atoms with Crippen molar-refractivity contribution in [3.8, 4) is 0 Å². The number of aromatic nitrogens is 2. The molecule has 0 aliphatic heterocycles. The maximum atomic E-state index is 4.54. The first-order valence-electron chi connectivity index (χ1n) is 8.02. The molecule has 1 heterocycles. The lowest BCUT2D eigenvalue weighted by molar-refractivity contribution is 0.740. The molecular formula is C18H26N4. The van der Waals surface area contributed by atoms with Crippen molar-refractivity contribution in [3.63, 3.8) is 0 Å². The van der Waals surface area contributed by atoms with Crippen LogP contribution in [0.4, 0.5) is 17.5 Å². The van der Waals surface area contributed by atoms with E-state index in [1.165, 1.54) is 29.5 Å². The van der Waals surface area contributed by atoms with E-state index < -0.39 is 0 Å². The average molecular weight is 298 g/mol. The van der Waals surface area contributed by atoms with E-state index in [-0.39, 0.29) is 0 Å². The normalized spacial score (nSPS) is 10.5. The highest BCUT2D eigenvalue weighted by Gasteiger charge is 2.06. The van der Waals surface area contributed by atoms with Crippen molar-refractivity contribution in [2.45, 2.75) is 47.0 Å². The van der Waals surface area contributed by atoms with Crippen molar-refractivity contribution in [2.75, 3.05) is 17.2 Å². The second-order valence-corrected chi connectivity index (χ2v) is 5.80. The number of hydrogen-bond acceptors (Lipinski definition) is 4. The largest absolute Gasteiger partial charge is 0.354 e. The number of aryl methyl sites for hydroxylation is 3. The number of nitrogens with zero attached hydrogens (tertiary/aromatic N) is 2. The fraction of sp³-hybridized carbons (Fsp3) is 0.444. The summed E-state index contributed by atoms with van der Waals surface area (Å²) in [6.07, 6.45) is 5.38. The zero-order valence-corrected chi connectivity index (χ0v) is 14.0. The summed E-state index contributed by atoms with van der Waals surface area (Å²) in [5, 5.41) is 6.70. The molecule has 2 aromatic rings. The molecule has 0 saturated carbocycles. The summed E-state index contributed by atoms with van der Waals surface area (Å²) in [7, 11) is 0. The number of nitrogens with one attached hydrogen (secondary N) is 2. The molecule has 0 atom stereocenters. The molecule has 2 N–H and O–H groups in total. The standard InChI is InChI=1S/C18H26N4/c1-5-6-7-9-19-18-20-10-8-16(22-18)21-17-14(3)11-13(2)12-15(17)4/h8,10-12H,5-7,9H2,1-4H3,(H2,19,20,21,22). The predicted molar refractivity (Wildman–Crippen MR) is 94.0 cm³/mol. The fourth-order valence-corrected chi connectivity index (χ4v) is 2.59. The first-order valence-corrected chi connectivity index (χ1v) is 8.02. The zero-order valence-electron chi connectivity index (χ0n) is 14.0. The van der Waals surface area contributed by atoms with Crippen LogP contribution in [0.15, 0.2) is 24.4 Å². The number of benzene rings is 1. The Morgan fingerprint density at radius 3 is 2.45 bits per heavy atom. The molecule has 118 valence electrons. The number of anilines is 3. The molecule has 22 heavy (non-hydrogen) atoms. The third-order valence-electron chi connectivity index (χ3n) is 3.65. The Balaban J connectivity index is 2.07. The lowest BCUT2D eigenvalue weighted by Gasteiger charge is -2.14. The molecule has 1 aromatic heterocycles. The quantitative estimate of drug-likeness (QED) is 0.724. The van der Waals surface area contributed by atoms with Crippen molar-refractivity contribution < 1.29 is 0 Å². The summed E-state index contributed by atoms with van der Waals surface area (Å²) in [5.41, 5.74) is 4.87. The van der Waals surface area contributed by atoms with Crippen LogP contribution in [0.2, 0.25) is 0 Å². The van der Waals surface area contributed by atoms with Crippen LogP contribution in [0.1, 0.15) is 42.9 Å². The SMILES string of the molecule is CCCCCNc1nccc(Nc2c(C)cc(C)cc2C)n1. The fourth-order valence-electron chi connectivity index (χ4n) is 2.59. The number of hydrogen-bond donors (Lipinski definition) is 2. The van der Waals surface area contributed by atoms with Gasteiger partial charge in [-0.2, -0.15) is 4.98 Å². The van der Waals surface area contributed by atoms with Gasteiger partial charge in [-0.1, -0.05) is 37.5 Å². The zero-order chi connectivity index (χ0) is 15.9. The Bertz CT molecular complexity index is 599. The monoisotopic (exact) mass is 298 g/mol. The molecule has 4 heteroatoms. The molecule has 0 spiro atoms. The van der Waals surface area contributed by atoms with Gasteiger partial charge in [-0.15, -0.1) is 0 Å². The summed E-state index contributed by atoms with van der Waals surface area (Å²) in [6.45, 7) is 9.47. The summed E-state index contributed by atoms with van der Waals surface area (Å²) in [4.78, 5) is 8.81. The van der Waals surface area contributed by atoms with E-state index in [4.69, 9.17) is 0 Å². The van der Waals surface area contributed by atoms with E-state index in [1.807, 2.05) is 6.07 Å². The van der Waals surface area contributed by atoms with Crippen LogP contribution in [0.25, 0.3) is 0 Å². The lowest BCUT2D eigenvalue weighted by Crippen LogP contribution is -2.07. The van der Waals surface area contributed by atoms with Crippen LogP contribution in [0.5, 0.6) is 0 Å². The highest BCUT2D eigenvalue weighted by Crippen LogP contribution is 2.25. The molecule has 0 aliphatic rings. The third kappa shape index (κ3) is 4.45. The van der Waals surface area contributed by atoms with Gasteiger partial charge in [0.25, 0.3) is 0 Å². The minimum atomic E-state index is 0.684. The van der Waals surface area contributed by atoms with E-state index in [1.54, 1.807) is 6.20 Å². The second-order valence-electron chi connectivity index (χ2n) is 5.80. The maximum absolute atomic E-state index is 4.54. The topological polar surface area (TPSA) is 49.8 Å². The summed E-state index contributed by atoms with van der Waals surface area (Å²) >= 11 is 0. The molecule has 0 unspecified atom stereocenters. The maximum Gasteiger partial charge on any atom is 0.224 e. The molecule has 4 nitrogen and oxygen atoms in total. The van der Waals surface area contributed by atoms with Gasteiger partial charge in [0.05, 0.1) is 0 Å². The van der Waals surface area contributed by atoms with Gasteiger partial charge < -0.3 is 10.6 Å². The van der Waals surface area contributed by atoms with Crippen molar-refractivity contribution in [3.05, 3.63) is 41.1 Å². The number of rotatable bonds is 7. The highest BCUT2D eigenvalue weighted by molar-refractivity contribution is 5.65. The Morgan fingerprint density at radius 1 is 1.05 bits per heavy atom. The molecule has 0 fully saturated rings. The van der Waals surface area contributed by atoms with Crippen LogP contribution >= 0.6 is 0 Å². The summed E-state index contributed by atoms with van der Waals surface area (Å²) < 4.78 is 0. The van der Waals surface area contributed by atoms with Gasteiger partial charge in [0.1, 0.15) is 5.82 Å². The van der Waals surface area contributed by atoms with Crippen LogP contribution in [-0.2, 0) is 0 Å². The highest BCUT2D eigenvalue weighted by atomic mass is 15.1. The predicted octanol–water partition coefficient (Wildman–Crippen LogP) is 4.75. The van der Waals surface area contributed by atoms with E-state index in [0.717, 1.165) is 24.5 Å². The summed E-state index contributed by atoms with van der Waals surface area (Å²) in [6, 6.07) is 6.26. The van der Waals surface area contributed by atoms with Crippen molar-refractivity contribution in [1.29, 1.82) is 0 Å². The van der Waals surface area contributed by atoms with Gasteiger partial charge in [-0.25, -0.2) is 4.98 Å². The lowest BCUT2D eigenvalue weighted by atomic mass is 10.1. The van der Waals surface area contributed by atoms with E-state index in [9.17, 15) is 0 Å². The van der Waals surface area contributed by atoms with E-state index in [2.05, 4.69) is 60.4 Å². The van der Waals surface area contributed by atoms with Gasteiger partial charge in [0, 0.05) is 18.4 Å². The molecular weight excluding hydrogens is 272 g/mol. The second kappa shape index (κ2) is 7.78. The minimum absolute atomic E-state index is 0.684. The molecule has 0 amide bonds. The van der Waals surface area contributed by atoms with E-state index >= 15 is 0 Å². The van der Waals surface area contributed by atoms with Crippen LogP contribution < -0.4 is 10.6 Å². The smallest absolute Gasteiger partial charge is 0.224 e. The van der Waals surface area contributed by atoms with Gasteiger partial charge in [0.15, 0.2) is 0 Å². The molecule has 0 saturated heterocycles. The van der Waals surface area contributed by atoms with Crippen LogP contribution in [0, 0.1) is 20.8 Å². The Hall–Kier alpha value is -2.10. The molecule has 1 aromatic carbocycles. The van der Waals surface area contributed by atoms with Gasteiger partial charge in [0.2, 0.25) is 5.95 Å². The van der Waals surface area contributed by atoms with Gasteiger partial charge >= 0.3 is 0 Å². The summed E-state index contributed by atoms with van der Waals surface area (Å²) in [5.74, 6) is 1.51. The van der Waals surface area contributed by atoms with Crippen molar-refractivity contribution in [1.82, 2.24) is 9.97 Å². The Labute approximate surface area is 133 Å². The Morgan fingerprint density at radius 2 is 1.77 bits per heavy atom. The van der Waals surface area contributed by atoms with Crippen molar-refractivity contribution >= 4 is 17.5 Å². The van der Waals surface area contributed by atoms with Gasteiger partial charge in [-0.05, 0) is 44.4 Å². The van der Waals surface area contributed by atoms with Crippen LogP contribution in [-0.4, -0.2) is 16.5 Å².